The zero-order valence-electron chi connectivity index (χ0n) is 49.0. The third-order valence-corrected chi connectivity index (χ3v) is 16.2. The van der Waals surface area contributed by atoms with E-state index < -0.39 is 315 Å². The molecular formula is C67H16F30N6. The van der Waals surface area contributed by atoms with Gasteiger partial charge in [0.2, 0.25) is 34.9 Å². The fraction of sp³-hybridized carbons (Fsp3) is 0.0299. The van der Waals surface area contributed by atoms with Crippen LogP contribution < -0.4 is 10.7 Å². The summed E-state index contributed by atoms with van der Waals surface area (Å²) in [5.41, 5.74) is -36.6. The number of aromatic nitrogens is 1. The molecule has 6 aromatic carbocycles. The number of fused-ring (bicyclic) bond motifs is 7. The van der Waals surface area contributed by atoms with Gasteiger partial charge in [-0.15, -0.1) is 0 Å². The van der Waals surface area contributed by atoms with Gasteiger partial charge >= 0.3 is 0 Å². The normalized spacial score (nSPS) is 16.6. The zero-order valence-corrected chi connectivity index (χ0v) is 49.0. The standard InChI is InChI=1S/C67H16F30N6/c1-13-12-24-29(35-45(76)57(88)65(96)58(89)46(35)77)22-9-8-20(101-22)27(33-41(72)53(84)63(94)54(85)42(33)73)18-5-4-16(99-18)25(31-37(68)49(80)61(92)50(81)38(31)69)14-2-3-15(98-14)26(32-39(70)51(82)62(93)52(83)40(32)71)17-6-7-19(100-17)28(34-43(74)55(86)64(95)56(87)44(34)75)21-10-11-23(102-21)30(67(13)103-24)36-47(78)59(90)66(97)60(91)48(36)79/h2-13,98H,1H3/t13-/m0/s1. The van der Waals surface area contributed by atoms with Gasteiger partial charge in [0.1, 0.15) is 0 Å². The van der Waals surface area contributed by atoms with Crippen molar-refractivity contribution in [3.05, 3.63) is 314 Å². The average Bonchev–Trinajstić information content (AvgIpc) is 1.66. The first-order chi connectivity index (χ1) is 48.5. The van der Waals surface area contributed by atoms with Crippen molar-refractivity contribution in [3.8, 4) is 0 Å². The van der Waals surface area contributed by atoms with E-state index in [1.165, 1.54) is 0 Å². The Morgan fingerprint density at radius 2 is 0.417 bits per heavy atom. The Bertz CT molecular complexity index is 5690. The molecule has 0 radical (unpaired) electrons. The Kier molecular flexibility index (Phi) is 16.8. The molecule has 36 heteroatoms. The Balaban J connectivity index is 1.28. The molecule has 103 heavy (non-hydrogen) atoms. The number of aliphatic imine (C=N–C) groups is 5. The van der Waals surface area contributed by atoms with E-state index in [9.17, 15) is 26.3 Å². The smallest absolute Gasteiger partial charge is 0.200 e. The van der Waals surface area contributed by atoms with Crippen molar-refractivity contribution in [2.75, 3.05) is 0 Å². The molecule has 1 N–H and O–H groups in total. The number of hydrogen-bond acceptors (Lipinski definition) is 5. The number of halogens is 30. The number of aromatic amines is 1. The number of nitrogens with one attached hydrogen (secondary N) is 1. The van der Waals surface area contributed by atoms with E-state index in [4.69, 9.17) is 0 Å². The maximum atomic E-state index is 16.6. The monoisotopic (exact) mass is 1470 g/mol. The minimum atomic E-state index is -2.93. The van der Waals surface area contributed by atoms with Crippen LogP contribution in [0.3, 0.4) is 0 Å². The van der Waals surface area contributed by atoms with Crippen LogP contribution in [0.4, 0.5) is 132 Å². The minimum Gasteiger partial charge on any atom is -0.354 e. The molecule has 524 valence electrons. The summed E-state index contributed by atoms with van der Waals surface area (Å²) in [6.45, 7) is 0.799. The van der Waals surface area contributed by atoms with Crippen LogP contribution in [-0.2, 0) is 0 Å². The summed E-state index contributed by atoms with van der Waals surface area (Å²) >= 11 is 0. The molecule has 0 saturated heterocycles. The molecule has 6 nitrogen and oxygen atoms in total. The number of H-pyrrole nitrogens is 1. The van der Waals surface area contributed by atoms with Crippen LogP contribution >= 0.6 is 0 Å². The van der Waals surface area contributed by atoms with Crippen molar-refractivity contribution in [3.63, 3.8) is 0 Å². The molecule has 0 unspecified atom stereocenters. The number of nitrogens with zero attached hydrogens (tertiary/aromatic N) is 5. The van der Waals surface area contributed by atoms with Gasteiger partial charge in [-0.1, -0.05) is 6.92 Å². The number of benzene rings is 6. The van der Waals surface area contributed by atoms with Crippen molar-refractivity contribution in [1.29, 1.82) is 0 Å². The summed E-state index contributed by atoms with van der Waals surface area (Å²) in [5, 5.41) is -2.55. The van der Waals surface area contributed by atoms with Crippen molar-refractivity contribution >= 4 is 62.0 Å². The van der Waals surface area contributed by atoms with Gasteiger partial charge in [0.15, 0.2) is 140 Å². The highest BCUT2D eigenvalue weighted by Crippen LogP contribution is 2.47. The second-order valence-electron chi connectivity index (χ2n) is 21.9. The van der Waals surface area contributed by atoms with Gasteiger partial charge in [0.05, 0.1) is 90.4 Å². The molecule has 0 aliphatic carbocycles. The van der Waals surface area contributed by atoms with Gasteiger partial charge in [-0.3, -0.25) is 4.99 Å². The topological polar surface area (TPSA) is 77.6 Å². The lowest BCUT2D eigenvalue weighted by Crippen LogP contribution is -2.24. The molecule has 7 heterocycles. The van der Waals surface area contributed by atoms with Crippen LogP contribution in [0.5, 0.6) is 0 Å². The quantitative estimate of drug-likeness (QED) is 0.0978. The second-order valence-corrected chi connectivity index (χ2v) is 21.9. The molecule has 7 aromatic rings. The highest BCUT2D eigenvalue weighted by molar-refractivity contribution is 6.38. The molecule has 0 amide bonds. The maximum absolute atomic E-state index is 16.6. The lowest BCUT2D eigenvalue weighted by Gasteiger charge is -2.17. The van der Waals surface area contributed by atoms with Crippen molar-refractivity contribution in [1.82, 2.24) is 4.98 Å². The van der Waals surface area contributed by atoms with Crippen molar-refractivity contribution in [2.24, 2.45) is 30.9 Å². The molecule has 6 aliphatic heterocycles. The molecule has 13 rings (SSSR count). The van der Waals surface area contributed by atoms with Gasteiger partial charge in [-0.2, -0.15) is 0 Å². The van der Waals surface area contributed by atoms with Crippen molar-refractivity contribution < 1.29 is 132 Å². The van der Waals surface area contributed by atoms with Crippen LogP contribution in [0.25, 0.3) is 33.4 Å². The fourth-order valence-electron chi connectivity index (χ4n) is 11.6. The second kappa shape index (κ2) is 24.8. The van der Waals surface area contributed by atoms with Crippen molar-refractivity contribution in [2.45, 2.75) is 6.92 Å². The van der Waals surface area contributed by atoms with E-state index >= 15 is 105 Å². The summed E-state index contributed by atoms with van der Waals surface area (Å²) in [4.78, 5) is 21.7. The molecule has 6 aliphatic rings. The van der Waals surface area contributed by atoms with Gasteiger partial charge in [0, 0.05) is 50.1 Å². The van der Waals surface area contributed by atoms with E-state index in [2.05, 4.69) is 29.9 Å². The maximum Gasteiger partial charge on any atom is 0.200 e. The van der Waals surface area contributed by atoms with Gasteiger partial charge in [0.25, 0.3) is 0 Å². The SMILES string of the molecule is C[C@H]1C=C2N=C1C(c1c(F)c(F)c(F)c(F)c1F)=C1C=CC(=N1)C(c1c(F)c(F)c(F)c(F)c1F)=C1C=CC(=N1)C(c1c(F)c(F)c(F)c(F)c1F)=c1ccc([nH]1)=C(c1c(F)c(F)c(F)c(F)c1F)C1=NC(=C(c3c(F)c(F)c(F)c(F)c3F)C3=NC(=C2c2c(F)c(F)c(F)c(F)c2F)C=C3)C=C1. The first-order valence-corrected chi connectivity index (χ1v) is 27.9. The number of hydrogen-bond donors (Lipinski definition) is 1. The van der Waals surface area contributed by atoms with Gasteiger partial charge in [-0.05, 0) is 66.8 Å². The summed E-state index contributed by atoms with van der Waals surface area (Å²) in [6.07, 6.45) is 3.31. The molecular weight excluding hydrogens is 1460 g/mol. The third-order valence-electron chi connectivity index (χ3n) is 16.2. The Labute approximate surface area is 549 Å². The van der Waals surface area contributed by atoms with E-state index in [1.807, 2.05) is 0 Å². The van der Waals surface area contributed by atoms with E-state index in [-0.39, 0.29) is 0 Å². The fourth-order valence-corrected chi connectivity index (χ4v) is 11.6. The predicted octanol–water partition coefficient (Wildman–Crippen LogP) is 17.3. The van der Waals surface area contributed by atoms with Crippen LogP contribution in [0, 0.1) is 180 Å². The van der Waals surface area contributed by atoms with E-state index in [0.29, 0.717) is 66.8 Å². The Morgan fingerprint density at radius 1 is 0.223 bits per heavy atom. The summed E-state index contributed by atoms with van der Waals surface area (Å²) < 4.78 is 474. The zero-order chi connectivity index (χ0) is 74.8. The molecule has 0 saturated carbocycles. The summed E-state index contributed by atoms with van der Waals surface area (Å²) in [6, 6.07) is 0.774. The Hall–Kier alpha value is -11.8. The first kappa shape index (κ1) is 69.7. The molecule has 0 spiro atoms. The Morgan fingerprint density at radius 3 is 0.680 bits per heavy atom. The van der Waals surface area contributed by atoms with Gasteiger partial charge < -0.3 is 4.98 Å². The van der Waals surface area contributed by atoms with Gasteiger partial charge in [-0.25, -0.2) is 152 Å². The van der Waals surface area contributed by atoms with Crippen LogP contribution in [0.1, 0.15) is 40.3 Å². The highest BCUT2D eigenvalue weighted by atomic mass is 19.2. The number of allylic oxidation sites excluding steroid dienone is 13. The lowest BCUT2D eigenvalue weighted by atomic mass is 9.90. The molecule has 1 atom stereocenters. The minimum absolute atomic E-state index is 0.347. The highest BCUT2D eigenvalue weighted by Gasteiger charge is 2.42. The molecule has 0 fully saturated rings. The van der Waals surface area contributed by atoms with Crippen LogP contribution in [0.2, 0.25) is 0 Å². The lowest BCUT2D eigenvalue weighted by molar-refractivity contribution is 0.376. The molecule has 1 aromatic heterocycles. The van der Waals surface area contributed by atoms with E-state index in [1.54, 1.807) is 0 Å². The van der Waals surface area contributed by atoms with Crippen LogP contribution in [0.15, 0.2) is 120 Å². The average molecular weight is 1470 g/mol. The summed E-state index contributed by atoms with van der Waals surface area (Å²) in [5.74, 6) is -88.3. The van der Waals surface area contributed by atoms with Crippen LogP contribution in [-0.4, -0.2) is 33.5 Å². The first-order valence-electron chi connectivity index (χ1n) is 27.9. The third kappa shape index (κ3) is 10.3. The summed E-state index contributed by atoms with van der Waals surface area (Å²) in [7, 11) is 0. The predicted molar refractivity (Wildman–Crippen MR) is 301 cm³/mol. The van der Waals surface area contributed by atoms with E-state index in [0.717, 1.165) is 6.92 Å². The largest absolute Gasteiger partial charge is 0.354 e. The molecule has 12 bridgehead atoms. The number of rotatable bonds is 6.